The summed E-state index contributed by atoms with van der Waals surface area (Å²) in [6.07, 6.45) is 1.81. The maximum absolute atomic E-state index is 5.99. The van der Waals surface area contributed by atoms with Gasteiger partial charge in [-0.1, -0.05) is 11.6 Å². The third kappa shape index (κ3) is 2.57. The molecule has 2 nitrogen and oxygen atoms in total. The second-order valence-electron chi connectivity index (χ2n) is 4.40. The Bertz CT molecular complexity index is 721. The lowest BCUT2D eigenvalue weighted by Gasteiger charge is -2.09. The van der Waals surface area contributed by atoms with Gasteiger partial charge in [-0.05, 0) is 48.2 Å². The highest BCUT2D eigenvalue weighted by Crippen LogP contribution is 2.25. The SMILES string of the molecule is Cc1ccsc1CNc1ccnc2cc(Cl)ccc12. The quantitative estimate of drug-likeness (QED) is 0.744. The van der Waals surface area contributed by atoms with Crippen LogP contribution in [0, 0.1) is 6.92 Å². The number of anilines is 1. The van der Waals surface area contributed by atoms with E-state index in [9.17, 15) is 0 Å². The van der Waals surface area contributed by atoms with E-state index in [0.29, 0.717) is 5.02 Å². The molecule has 0 unspecified atom stereocenters. The summed E-state index contributed by atoms with van der Waals surface area (Å²) >= 11 is 7.77. The van der Waals surface area contributed by atoms with E-state index in [-0.39, 0.29) is 0 Å². The summed E-state index contributed by atoms with van der Waals surface area (Å²) < 4.78 is 0. The van der Waals surface area contributed by atoms with Crippen molar-refractivity contribution in [3.8, 4) is 0 Å². The highest BCUT2D eigenvalue weighted by atomic mass is 35.5. The number of fused-ring (bicyclic) bond motifs is 1. The fourth-order valence-electron chi connectivity index (χ4n) is 2.04. The van der Waals surface area contributed by atoms with Crippen LogP contribution in [-0.2, 0) is 6.54 Å². The number of benzene rings is 1. The first-order valence-corrected chi connectivity index (χ1v) is 7.31. The van der Waals surface area contributed by atoms with Gasteiger partial charge in [0.05, 0.1) is 5.52 Å². The second-order valence-corrected chi connectivity index (χ2v) is 5.84. The number of hydrogen-bond donors (Lipinski definition) is 1. The van der Waals surface area contributed by atoms with Crippen molar-refractivity contribution in [2.24, 2.45) is 0 Å². The third-order valence-electron chi connectivity index (χ3n) is 3.11. The zero-order valence-corrected chi connectivity index (χ0v) is 12.1. The van der Waals surface area contributed by atoms with Crippen molar-refractivity contribution in [1.29, 1.82) is 0 Å². The average molecular weight is 289 g/mol. The normalized spacial score (nSPS) is 10.8. The molecule has 0 fully saturated rings. The van der Waals surface area contributed by atoms with Crippen molar-refractivity contribution in [1.82, 2.24) is 4.98 Å². The van der Waals surface area contributed by atoms with Gasteiger partial charge in [-0.25, -0.2) is 0 Å². The summed E-state index contributed by atoms with van der Waals surface area (Å²) in [5.41, 5.74) is 3.34. The highest BCUT2D eigenvalue weighted by molar-refractivity contribution is 7.10. The van der Waals surface area contributed by atoms with Gasteiger partial charge in [-0.2, -0.15) is 0 Å². The Morgan fingerprint density at radius 1 is 1.26 bits per heavy atom. The molecule has 0 spiro atoms. The lowest BCUT2D eigenvalue weighted by atomic mass is 10.2. The molecule has 0 aliphatic carbocycles. The number of halogens is 1. The minimum Gasteiger partial charge on any atom is -0.380 e. The molecule has 0 saturated carbocycles. The third-order valence-corrected chi connectivity index (χ3v) is 4.37. The predicted molar refractivity (Wildman–Crippen MR) is 83.1 cm³/mol. The molecule has 0 amide bonds. The molecule has 1 aromatic carbocycles. The molecule has 2 heterocycles. The Labute approximate surface area is 121 Å². The maximum Gasteiger partial charge on any atom is 0.0737 e. The Kier molecular flexibility index (Phi) is 3.40. The molecule has 0 aliphatic rings. The molecule has 96 valence electrons. The fourth-order valence-corrected chi connectivity index (χ4v) is 3.05. The van der Waals surface area contributed by atoms with E-state index in [0.717, 1.165) is 23.1 Å². The van der Waals surface area contributed by atoms with Crippen molar-refractivity contribution >= 4 is 39.5 Å². The zero-order chi connectivity index (χ0) is 13.2. The van der Waals surface area contributed by atoms with Crippen LogP contribution < -0.4 is 5.32 Å². The van der Waals surface area contributed by atoms with Crippen LogP contribution >= 0.6 is 22.9 Å². The molecule has 19 heavy (non-hydrogen) atoms. The number of thiophene rings is 1. The van der Waals surface area contributed by atoms with Crippen LogP contribution in [0.1, 0.15) is 10.4 Å². The van der Waals surface area contributed by atoms with Crippen LogP contribution in [0.25, 0.3) is 10.9 Å². The van der Waals surface area contributed by atoms with Crippen molar-refractivity contribution in [3.05, 3.63) is 57.4 Å². The first-order valence-electron chi connectivity index (χ1n) is 6.05. The van der Waals surface area contributed by atoms with Crippen LogP contribution in [0.3, 0.4) is 0 Å². The number of nitrogens with one attached hydrogen (secondary N) is 1. The number of rotatable bonds is 3. The van der Waals surface area contributed by atoms with Gasteiger partial charge in [0, 0.05) is 33.7 Å². The van der Waals surface area contributed by atoms with Gasteiger partial charge in [0.2, 0.25) is 0 Å². The van der Waals surface area contributed by atoms with Gasteiger partial charge >= 0.3 is 0 Å². The Balaban J connectivity index is 1.91. The monoisotopic (exact) mass is 288 g/mol. The van der Waals surface area contributed by atoms with Crippen LogP contribution in [0.15, 0.2) is 41.9 Å². The molecule has 3 aromatic rings. The largest absolute Gasteiger partial charge is 0.380 e. The summed E-state index contributed by atoms with van der Waals surface area (Å²) in [6, 6.07) is 9.94. The van der Waals surface area contributed by atoms with E-state index in [1.807, 2.05) is 30.5 Å². The standard InChI is InChI=1S/C15H13ClN2S/c1-10-5-7-19-15(10)9-18-13-4-6-17-14-8-11(16)2-3-12(13)14/h2-8H,9H2,1H3,(H,17,18). The van der Waals surface area contributed by atoms with E-state index in [1.54, 1.807) is 11.3 Å². The molecule has 3 rings (SSSR count). The van der Waals surface area contributed by atoms with Crippen molar-refractivity contribution < 1.29 is 0 Å². The van der Waals surface area contributed by atoms with E-state index >= 15 is 0 Å². The van der Waals surface area contributed by atoms with Crippen LogP contribution in [0.4, 0.5) is 5.69 Å². The highest BCUT2D eigenvalue weighted by Gasteiger charge is 2.04. The first-order chi connectivity index (χ1) is 9.24. The molecule has 4 heteroatoms. The molecular weight excluding hydrogens is 276 g/mol. The van der Waals surface area contributed by atoms with Crippen molar-refractivity contribution in [2.75, 3.05) is 5.32 Å². The van der Waals surface area contributed by atoms with E-state index in [4.69, 9.17) is 11.6 Å². The lowest BCUT2D eigenvalue weighted by molar-refractivity contribution is 1.17. The van der Waals surface area contributed by atoms with Gasteiger partial charge in [-0.3, -0.25) is 4.98 Å². The van der Waals surface area contributed by atoms with Gasteiger partial charge in [0.1, 0.15) is 0 Å². The van der Waals surface area contributed by atoms with Crippen LogP contribution in [0.2, 0.25) is 5.02 Å². The molecule has 2 aromatic heterocycles. The number of aromatic nitrogens is 1. The van der Waals surface area contributed by atoms with E-state index < -0.39 is 0 Å². The Morgan fingerprint density at radius 3 is 2.95 bits per heavy atom. The van der Waals surface area contributed by atoms with Gasteiger partial charge in [-0.15, -0.1) is 11.3 Å². The number of hydrogen-bond acceptors (Lipinski definition) is 3. The molecule has 1 N–H and O–H groups in total. The summed E-state index contributed by atoms with van der Waals surface area (Å²) in [5, 5.41) is 7.41. The van der Waals surface area contributed by atoms with Crippen LogP contribution in [0.5, 0.6) is 0 Å². The molecular formula is C15H13ClN2S. The molecule has 0 saturated heterocycles. The number of aryl methyl sites for hydroxylation is 1. The summed E-state index contributed by atoms with van der Waals surface area (Å²) in [4.78, 5) is 5.70. The Morgan fingerprint density at radius 2 is 2.16 bits per heavy atom. The molecule has 0 atom stereocenters. The van der Waals surface area contributed by atoms with Crippen molar-refractivity contribution in [3.63, 3.8) is 0 Å². The van der Waals surface area contributed by atoms with E-state index in [1.165, 1.54) is 10.4 Å². The smallest absolute Gasteiger partial charge is 0.0737 e. The van der Waals surface area contributed by atoms with Gasteiger partial charge in [0.25, 0.3) is 0 Å². The summed E-state index contributed by atoms with van der Waals surface area (Å²) in [6.45, 7) is 2.98. The van der Waals surface area contributed by atoms with Gasteiger partial charge in [0.15, 0.2) is 0 Å². The minimum absolute atomic E-state index is 0.714. The zero-order valence-electron chi connectivity index (χ0n) is 10.5. The Hall–Kier alpha value is -1.58. The molecule has 0 bridgehead atoms. The average Bonchev–Trinajstić information content (AvgIpc) is 2.81. The number of nitrogens with zero attached hydrogens (tertiary/aromatic N) is 1. The predicted octanol–water partition coefficient (Wildman–Crippen LogP) is 4.87. The first kappa shape index (κ1) is 12.5. The summed E-state index contributed by atoms with van der Waals surface area (Å²) in [5.74, 6) is 0. The van der Waals surface area contributed by atoms with Crippen LogP contribution in [-0.4, -0.2) is 4.98 Å². The van der Waals surface area contributed by atoms with E-state index in [2.05, 4.69) is 28.7 Å². The van der Waals surface area contributed by atoms with Crippen molar-refractivity contribution in [2.45, 2.75) is 13.5 Å². The second kappa shape index (κ2) is 5.19. The maximum atomic E-state index is 5.99. The topological polar surface area (TPSA) is 24.9 Å². The van der Waals surface area contributed by atoms with Gasteiger partial charge < -0.3 is 5.32 Å². The summed E-state index contributed by atoms with van der Waals surface area (Å²) in [7, 11) is 0. The fraction of sp³-hybridized carbons (Fsp3) is 0.133. The minimum atomic E-state index is 0.714. The lowest BCUT2D eigenvalue weighted by Crippen LogP contribution is -1.99. The number of pyridine rings is 1. The molecule has 0 radical (unpaired) electrons. The molecule has 0 aliphatic heterocycles.